The summed E-state index contributed by atoms with van der Waals surface area (Å²) in [5.74, 6) is 1.56. The fourth-order valence-corrected chi connectivity index (χ4v) is 3.98. The van der Waals surface area contributed by atoms with Gasteiger partial charge in [0.05, 0.1) is 9.95 Å². The van der Waals surface area contributed by atoms with Crippen LogP contribution in [0.25, 0.3) is 17.4 Å². The Bertz CT molecular complexity index is 965. The zero-order chi connectivity index (χ0) is 18.7. The Morgan fingerprint density at radius 3 is 2.88 bits per heavy atom. The molecule has 0 N–H and O–H groups in total. The minimum atomic E-state index is -0.517. The van der Waals surface area contributed by atoms with Crippen molar-refractivity contribution in [1.29, 1.82) is 0 Å². The van der Waals surface area contributed by atoms with Crippen LogP contribution in [-0.4, -0.2) is 20.2 Å². The lowest BCUT2D eigenvalue weighted by molar-refractivity contribution is -0.384. The van der Waals surface area contributed by atoms with Crippen LogP contribution in [0.4, 0.5) is 5.69 Å². The summed E-state index contributed by atoms with van der Waals surface area (Å²) in [7, 11) is 0. The molecule has 0 spiro atoms. The molecule has 2 heterocycles. The van der Waals surface area contributed by atoms with Gasteiger partial charge in [0.15, 0.2) is 0 Å². The smallest absolute Gasteiger partial charge is 0.270 e. The first kappa shape index (κ1) is 18.5. The molecule has 0 amide bonds. The molecule has 0 saturated heterocycles. The number of nitrogens with zero attached hydrogens (tertiary/aromatic N) is 2. The molecule has 132 valence electrons. The Labute approximate surface area is 162 Å². The third-order valence-electron chi connectivity index (χ3n) is 3.26. The Balaban J connectivity index is 1.84. The second kappa shape index (κ2) is 7.94. The van der Waals surface area contributed by atoms with E-state index in [4.69, 9.17) is 16.0 Å². The monoisotopic (exact) mass is 406 g/mol. The number of thioether (sulfide) groups is 2. The number of nitro benzene ring substituents is 1. The van der Waals surface area contributed by atoms with Gasteiger partial charge in [-0.25, -0.2) is 4.99 Å². The minimum Gasteiger partial charge on any atom is -0.457 e. The van der Waals surface area contributed by atoms with Crippen LogP contribution in [0.1, 0.15) is 5.76 Å². The molecule has 3 rings (SSSR count). The molecule has 1 aliphatic rings. The maximum atomic E-state index is 12.0. The van der Waals surface area contributed by atoms with Gasteiger partial charge in [0.25, 0.3) is 5.69 Å². The Morgan fingerprint density at radius 1 is 1.38 bits per heavy atom. The topological polar surface area (TPSA) is 85.7 Å². The predicted molar refractivity (Wildman–Crippen MR) is 106 cm³/mol. The fourth-order valence-electron chi connectivity index (χ4n) is 2.11. The SMILES string of the molecule is C=CCSC1=N/C(=C\c2ccc(-c3ccc([N+](=O)[O-])cc3Cl)o2)C(=O)S1. The van der Waals surface area contributed by atoms with E-state index in [0.717, 1.165) is 11.8 Å². The van der Waals surface area contributed by atoms with E-state index in [1.54, 1.807) is 24.3 Å². The number of hydrogen-bond donors (Lipinski definition) is 0. The van der Waals surface area contributed by atoms with Gasteiger partial charge in [0.2, 0.25) is 5.12 Å². The number of carbonyl (C=O) groups is 1. The molecule has 26 heavy (non-hydrogen) atoms. The highest BCUT2D eigenvalue weighted by molar-refractivity contribution is 8.45. The van der Waals surface area contributed by atoms with E-state index < -0.39 is 4.92 Å². The number of benzene rings is 1. The van der Waals surface area contributed by atoms with Gasteiger partial charge in [-0.15, -0.1) is 6.58 Å². The van der Waals surface area contributed by atoms with Crippen molar-refractivity contribution in [2.75, 3.05) is 5.75 Å². The molecule has 9 heteroatoms. The summed E-state index contributed by atoms with van der Waals surface area (Å²) in [4.78, 5) is 26.5. The molecule has 0 fully saturated rings. The highest BCUT2D eigenvalue weighted by atomic mass is 35.5. The van der Waals surface area contributed by atoms with Gasteiger partial charge < -0.3 is 4.42 Å². The van der Waals surface area contributed by atoms with Crippen LogP contribution >= 0.6 is 35.1 Å². The first-order valence-electron chi connectivity index (χ1n) is 7.28. The number of hydrogen-bond acceptors (Lipinski definition) is 7. The molecular weight excluding hydrogens is 396 g/mol. The minimum absolute atomic E-state index is 0.0971. The van der Waals surface area contributed by atoms with Crippen molar-refractivity contribution in [2.45, 2.75) is 0 Å². The quantitative estimate of drug-likeness (QED) is 0.286. The van der Waals surface area contributed by atoms with Crippen LogP contribution in [0.5, 0.6) is 0 Å². The van der Waals surface area contributed by atoms with Crippen LogP contribution in [-0.2, 0) is 4.79 Å². The first-order valence-corrected chi connectivity index (χ1v) is 9.46. The number of furan rings is 1. The van der Waals surface area contributed by atoms with Gasteiger partial charge in [-0.05, 0) is 30.0 Å². The summed E-state index contributed by atoms with van der Waals surface area (Å²) in [6, 6.07) is 7.51. The third-order valence-corrected chi connectivity index (χ3v) is 5.58. The van der Waals surface area contributed by atoms with Crippen molar-refractivity contribution in [3.05, 3.63) is 69.6 Å². The fraction of sp³-hybridized carbons (Fsp3) is 0.0588. The van der Waals surface area contributed by atoms with Crippen LogP contribution in [0.15, 0.2) is 58.1 Å². The predicted octanol–water partition coefficient (Wildman–Crippen LogP) is 5.40. The molecule has 2 aromatic rings. The van der Waals surface area contributed by atoms with Crippen molar-refractivity contribution in [3.8, 4) is 11.3 Å². The van der Waals surface area contributed by atoms with E-state index in [1.165, 1.54) is 30.0 Å². The van der Waals surface area contributed by atoms with Crippen molar-refractivity contribution >= 4 is 56.4 Å². The van der Waals surface area contributed by atoms with Gasteiger partial charge in [-0.1, -0.05) is 29.4 Å². The van der Waals surface area contributed by atoms with Crippen molar-refractivity contribution in [3.63, 3.8) is 0 Å². The second-order valence-corrected chi connectivity index (χ2v) is 7.66. The number of non-ortho nitro benzene ring substituents is 1. The summed E-state index contributed by atoms with van der Waals surface area (Å²) >= 11 is 8.62. The number of nitro groups is 1. The van der Waals surface area contributed by atoms with E-state index >= 15 is 0 Å². The van der Waals surface area contributed by atoms with E-state index in [2.05, 4.69) is 11.6 Å². The lowest BCUT2D eigenvalue weighted by Crippen LogP contribution is -1.88. The Hall–Kier alpha value is -2.29. The van der Waals surface area contributed by atoms with Gasteiger partial charge in [0.1, 0.15) is 21.6 Å². The maximum Gasteiger partial charge on any atom is 0.270 e. The summed E-state index contributed by atoms with van der Waals surface area (Å²) in [5.41, 5.74) is 0.733. The van der Waals surface area contributed by atoms with Crippen molar-refractivity contribution in [2.24, 2.45) is 4.99 Å². The molecule has 0 bridgehead atoms. The molecule has 1 aliphatic heterocycles. The molecule has 1 aromatic heterocycles. The number of aliphatic imine (C=N–C) groups is 1. The molecule has 0 radical (unpaired) electrons. The average molecular weight is 407 g/mol. The van der Waals surface area contributed by atoms with Crippen molar-refractivity contribution in [1.82, 2.24) is 0 Å². The van der Waals surface area contributed by atoms with Gasteiger partial charge in [-0.3, -0.25) is 14.9 Å². The second-order valence-electron chi connectivity index (χ2n) is 5.02. The Kier molecular flexibility index (Phi) is 5.65. The lowest BCUT2D eigenvalue weighted by atomic mass is 10.1. The number of rotatable bonds is 5. The van der Waals surface area contributed by atoms with Gasteiger partial charge in [0, 0.05) is 29.5 Å². The summed E-state index contributed by atoms with van der Waals surface area (Å²) < 4.78 is 6.37. The van der Waals surface area contributed by atoms with E-state index in [-0.39, 0.29) is 15.8 Å². The average Bonchev–Trinajstić information content (AvgIpc) is 3.20. The Morgan fingerprint density at radius 2 is 2.19 bits per heavy atom. The van der Waals surface area contributed by atoms with E-state index in [1.807, 2.05) is 0 Å². The van der Waals surface area contributed by atoms with Crippen molar-refractivity contribution < 1.29 is 14.1 Å². The van der Waals surface area contributed by atoms with Crippen LogP contribution < -0.4 is 0 Å². The van der Waals surface area contributed by atoms with Crippen LogP contribution in [0, 0.1) is 10.1 Å². The molecule has 0 atom stereocenters. The van der Waals surface area contributed by atoms with E-state index in [0.29, 0.717) is 32.9 Å². The zero-order valence-electron chi connectivity index (χ0n) is 13.2. The van der Waals surface area contributed by atoms with Gasteiger partial charge in [-0.2, -0.15) is 0 Å². The number of carbonyl (C=O) groups excluding carboxylic acids is 1. The summed E-state index contributed by atoms with van der Waals surface area (Å²) in [6.07, 6.45) is 3.30. The molecule has 0 aliphatic carbocycles. The highest BCUT2D eigenvalue weighted by Gasteiger charge is 2.22. The number of halogens is 1. The van der Waals surface area contributed by atoms with Crippen LogP contribution in [0.2, 0.25) is 5.02 Å². The lowest BCUT2D eigenvalue weighted by Gasteiger charge is -2.00. The molecular formula is C17H11ClN2O4S2. The molecule has 0 unspecified atom stereocenters. The van der Waals surface area contributed by atoms with Crippen LogP contribution in [0.3, 0.4) is 0 Å². The molecule has 6 nitrogen and oxygen atoms in total. The van der Waals surface area contributed by atoms with E-state index in [9.17, 15) is 14.9 Å². The normalized spacial score (nSPS) is 15.3. The first-order chi connectivity index (χ1) is 12.5. The molecule has 1 aromatic carbocycles. The molecule has 0 saturated carbocycles. The largest absolute Gasteiger partial charge is 0.457 e. The zero-order valence-corrected chi connectivity index (χ0v) is 15.6. The standard InChI is InChI=1S/C17H11ClN2O4S2/c1-2-7-25-17-19-14(16(21)26-17)9-11-4-6-15(24-11)12-5-3-10(20(22)23)8-13(12)18/h2-6,8-9H,1,7H2/b14-9-. The maximum absolute atomic E-state index is 12.0. The highest BCUT2D eigenvalue weighted by Crippen LogP contribution is 2.34. The van der Waals surface area contributed by atoms with Gasteiger partial charge >= 0.3 is 0 Å². The summed E-state index contributed by atoms with van der Waals surface area (Å²) in [6.45, 7) is 3.63. The summed E-state index contributed by atoms with van der Waals surface area (Å²) in [5, 5.41) is 10.8. The third kappa shape index (κ3) is 4.09.